The molecule has 102 valence electrons. The van der Waals surface area contributed by atoms with Gasteiger partial charge in [0.25, 0.3) is 0 Å². The second-order valence-electron chi connectivity index (χ2n) is 4.96. The van der Waals surface area contributed by atoms with Gasteiger partial charge in [0.2, 0.25) is 0 Å². The summed E-state index contributed by atoms with van der Waals surface area (Å²) in [5.74, 6) is 1.87. The first-order chi connectivity index (χ1) is 9.15. The second-order valence-corrected chi connectivity index (χ2v) is 4.96. The lowest BCUT2D eigenvalue weighted by Gasteiger charge is -2.13. The maximum atomic E-state index is 6.18. The van der Waals surface area contributed by atoms with E-state index in [2.05, 4.69) is 0 Å². The lowest BCUT2D eigenvalue weighted by molar-refractivity contribution is 0.242. The van der Waals surface area contributed by atoms with Gasteiger partial charge in [0, 0.05) is 12.5 Å². The summed E-state index contributed by atoms with van der Waals surface area (Å²) in [6.07, 6.45) is 3.62. The van der Waals surface area contributed by atoms with Gasteiger partial charge in [-0.05, 0) is 50.1 Å². The minimum absolute atomic E-state index is 0.0261. The molecule has 0 radical (unpaired) electrons. The van der Waals surface area contributed by atoms with Crippen molar-refractivity contribution >= 4 is 0 Å². The maximum Gasteiger partial charge on any atom is 0.119 e. The molecule has 0 aliphatic carbocycles. The molecule has 0 spiro atoms. The van der Waals surface area contributed by atoms with E-state index in [4.69, 9.17) is 14.9 Å². The summed E-state index contributed by atoms with van der Waals surface area (Å²) >= 11 is 0. The third kappa shape index (κ3) is 4.14. The van der Waals surface area contributed by atoms with Gasteiger partial charge < -0.3 is 14.9 Å². The summed E-state index contributed by atoms with van der Waals surface area (Å²) in [4.78, 5) is 0. The monoisotopic (exact) mass is 259 g/mol. The van der Waals surface area contributed by atoms with Gasteiger partial charge in [-0.3, -0.25) is 0 Å². The predicted octanol–water partition coefficient (Wildman–Crippen LogP) is 3.70. The van der Waals surface area contributed by atoms with Gasteiger partial charge in [-0.1, -0.05) is 12.1 Å². The van der Waals surface area contributed by atoms with E-state index in [0.717, 1.165) is 29.9 Å². The van der Waals surface area contributed by atoms with Crippen LogP contribution in [0.2, 0.25) is 0 Å². The van der Waals surface area contributed by atoms with E-state index in [1.807, 2.05) is 50.2 Å². The highest BCUT2D eigenvalue weighted by Crippen LogP contribution is 2.20. The highest BCUT2D eigenvalue weighted by Gasteiger charge is 2.08. The number of hydrogen-bond donors (Lipinski definition) is 1. The van der Waals surface area contributed by atoms with Gasteiger partial charge in [0.15, 0.2) is 0 Å². The second kappa shape index (κ2) is 6.43. The first kappa shape index (κ1) is 13.7. The zero-order valence-corrected chi connectivity index (χ0v) is 11.5. The fourth-order valence-electron chi connectivity index (χ4n) is 1.99. The molecule has 3 nitrogen and oxygen atoms in total. The number of ether oxygens (including phenoxy) is 1. The summed E-state index contributed by atoms with van der Waals surface area (Å²) in [5.41, 5.74) is 7.31. The standard InChI is InChI=1S/C16H21NO2/c1-12(2)19-15-7-5-13(6-8-15)16(17)10-9-14-4-3-11-18-14/h3-8,11-12,16H,9-10,17H2,1-2H3. The van der Waals surface area contributed by atoms with Crippen LogP contribution < -0.4 is 10.5 Å². The minimum atomic E-state index is 0.0261. The smallest absolute Gasteiger partial charge is 0.119 e. The Kier molecular flexibility index (Phi) is 4.63. The van der Waals surface area contributed by atoms with Gasteiger partial charge in [-0.2, -0.15) is 0 Å². The molecule has 19 heavy (non-hydrogen) atoms. The first-order valence-corrected chi connectivity index (χ1v) is 6.69. The summed E-state index contributed by atoms with van der Waals surface area (Å²) in [7, 11) is 0. The van der Waals surface area contributed by atoms with Crippen LogP contribution in [0.5, 0.6) is 5.75 Å². The predicted molar refractivity (Wildman–Crippen MR) is 76.2 cm³/mol. The van der Waals surface area contributed by atoms with Crippen molar-refractivity contribution in [1.82, 2.24) is 0 Å². The minimum Gasteiger partial charge on any atom is -0.491 e. The third-order valence-corrected chi connectivity index (χ3v) is 2.96. The molecular formula is C16H21NO2. The van der Waals surface area contributed by atoms with E-state index in [1.165, 1.54) is 0 Å². The zero-order valence-electron chi connectivity index (χ0n) is 11.5. The van der Waals surface area contributed by atoms with Crippen LogP contribution in [0.1, 0.15) is 37.6 Å². The molecule has 3 heteroatoms. The zero-order chi connectivity index (χ0) is 13.7. The van der Waals surface area contributed by atoms with Crippen molar-refractivity contribution in [1.29, 1.82) is 0 Å². The quantitative estimate of drug-likeness (QED) is 0.860. The molecule has 1 aromatic heterocycles. The summed E-state index contributed by atoms with van der Waals surface area (Å²) in [6, 6.07) is 11.9. The summed E-state index contributed by atoms with van der Waals surface area (Å²) in [5, 5.41) is 0. The Labute approximate surface area is 114 Å². The van der Waals surface area contributed by atoms with Crippen molar-refractivity contribution in [3.05, 3.63) is 54.0 Å². The van der Waals surface area contributed by atoms with Crippen molar-refractivity contribution in [3.63, 3.8) is 0 Å². The highest BCUT2D eigenvalue weighted by molar-refractivity contribution is 5.29. The molecule has 1 unspecified atom stereocenters. The van der Waals surface area contributed by atoms with E-state index in [0.29, 0.717) is 0 Å². The molecule has 0 aliphatic heterocycles. The molecule has 0 fully saturated rings. The topological polar surface area (TPSA) is 48.4 Å². The Morgan fingerprint density at radius 3 is 2.47 bits per heavy atom. The molecular weight excluding hydrogens is 238 g/mol. The number of hydrogen-bond acceptors (Lipinski definition) is 3. The van der Waals surface area contributed by atoms with E-state index in [-0.39, 0.29) is 12.1 Å². The molecule has 0 saturated heterocycles. The Morgan fingerprint density at radius 2 is 1.89 bits per heavy atom. The van der Waals surface area contributed by atoms with E-state index in [1.54, 1.807) is 6.26 Å². The van der Waals surface area contributed by atoms with Crippen LogP contribution in [0.15, 0.2) is 47.1 Å². The number of benzene rings is 1. The van der Waals surface area contributed by atoms with Crippen LogP contribution in [0, 0.1) is 0 Å². The van der Waals surface area contributed by atoms with Gasteiger partial charge in [0.05, 0.1) is 12.4 Å². The van der Waals surface area contributed by atoms with Gasteiger partial charge >= 0.3 is 0 Å². The Morgan fingerprint density at radius 1 is 1.16 bits per heavy atom. The Hall–Kier alpha value is -1.74. The number of nitrogens with two attached hydrogens (primary N) is 1. The largest absolute Gasteiger partial charge is 0.491 e. The lowest BCUT2D eigenvalue weighted by atomic mass is 10.0. The number of rotatable bonds is 6. The molecule has 1 atom stereocenters. The van der Waals surface area contributed by atoms with Gasteiger partial charge in [0.1, 0.15) is 11.5 Å². The fourth-order valence-corrected chi connectivity index (χ4v) is 1.99. The third-order valence-electron chi connectivity index (χ3n) is 2.96. The molecule has 2 rings (SSSR count). The first-order valence-electron chi connectivity index (χ1n) is 6.69. The van der Waals surface area contributed by atoms with E-state index in [9.17, 15) is 0 Å². The molecule has 2 N–H and O–H groups in total. The highest BCUT2D eigenvalue weighted by atomic mass is 16.5. The molecule has 2 aromatic rings. The molecule has 0 bridgehead atoms. The summed E-state index contributed by atoms with van der Waals surface area (Å²) < 4.78 is 10.9. The van der Waals surface area contributed by atoms with E-state index >= 15 is 0 Å². The molecule has 0 amide bonds. The van der Waals surface area contributed by atoms with Crippen LogP contribution >= 0.6 is 0 Å². The maximum absolute atomic E-state index is 6.18. The normalized spacial score (nSPS) is 12.6. The van der Waals surface area contributed by atoms with Crippen molar-refractivity contribution in [2.24, 2.45) is 5.73 Å². The van der Waals surface area contributed by atoms with Crippen LogP contribution in [0.25, 0.3) is 0 Å². The SMILES string of the molecule is CC(C)Oc1ccc(C(N)CCc2ccco2)cc1. The van der Waals surface area contributed by atoms with E-state index < -0.39 is 0 Å². The molecule has 0 saturated carbocycles. The molecule has 1 heterocycles. The number of aryl methyl sites for hydroxylation is 1. The van der Waals surface area contributed by atoms with Crippen LogP contribution in [0.3, 0.4) is 0 Å². The van der Waals surface area contributed by atoms with Crippen molar-refractivity contribution in [2.45, 2.75) is 38.8 Å². The average Bonchev–Trinajstić information content (AvgIpc) is 2.89. The fraction of sp³-hybridized carbons (Fsp3) is 0.375. The van der Waals surface area contributed by atoms with Crippen LogP contribution in [0.4, 0.5) is 0 Å². The molecule has 1 aromatic carbocycles. The van der Waals surface area contributed by atoms with Crippen molar-refractivity contribution < 1.29 is 9.15 Å². The average molecular weight is 259 g/mol. The molecule has 0 aliphatic rings. The van der Waals surface area contributed by atoms with Gasteiger partial charge in [-0.15, -0.1) is 0 Å². The van der Waals surface area contributed by atoms with Crippen LogP contribution in [-0.2, 0) is 6.42 Å². The van der Waals surface area contributed by atoms with Crippen molar-refractivity contribution in [3.8, 4) is 5.75 Å². The van der Waals surface area contributed by atoms with Gasteiger partial charge in [-0.25, -0.2) is 0 Å². The Bertz CT molecular complexity index is 474. The Balaban J connectivity index is 1.90. The summed E-state index contributed by atoms with van der Waals surface area (Å²) in [6.45, 7) is 4.03. The van der Waals surface area contributed by atoms with Crippen molar-refractivity contribution in [2.75, 3.05) is 0 Å². The van der Waals surface area contributed by atoms with Crippen LogP contribution in [-0.4, -0.2) is 6.10 Å². The number of furan rings is 1. The lowest BCUT2D eigenvalue weighted by Crippen LogP contribution is -2.11.